The molecule has 2 N–H and O–H groups in total. The monoisotopic (exact) mass is 632 g/mol. The summed E-state index contributed by atoms with van der Waals surface area (Å²) in [6, 6.07) is 8.42. The summed E-state index contributed by atoms with van der Waals surface area (Å²) in [5, 5.41) is 5.52. The second-order valence-electron chi connectivity index (χ2n) is 11.3. The van der Waals surface area contributed by atoms with Gasteiger partial charge < -0.3 is 29.9 Å². The highest BCUT2D eigenvalue weighted by Gasteiger charge is 2.37. The fourth-order valence-corrected chi connectivity index (χ4v) is 4.90. The Morgan fingerprint density at radius 1 is 1.13 bits per heavy atom. The number of benzene rings is 2. The minimum atomic E-state index is -4.87. The van der Waals surface area contributed by atoms with E-state index < -0.39 is 41.6 Å². The lowest BCUT2D eigenvalue weighted by Gasteiger charge is -2.32. The minimum absolute atomic E-state index is 0.0943. The van der Waals surface area contributed by atoms with Crippen LogP contribution in [-0.2, 0) is 6.18 Å². The number of hydrogen-bond acceptors (Lipinski definition) is 8. The van der Waals surface area contributed by atoms with Crippen molar-refractivity contribution in [1.29, 1.82) is 0 Å². The molecule has 1 aliphatic heterocycles. The van der Waals surface area contributed by atoms with Crippen molar-refractivity contribution >= 4 is 23.5 Å². The lowest BCUT2D eigenvalue weighted by molar-refractivity contribution is -0.139. The molecule has 2 heterocycles. The van der Waals surface area contributed by atoms with Gasteiger partial charge in [0.05, 0.1) is 24.4 Å². The van der Waals surface area contributed by atoms with Gasteiger partial charge >= 0.3 is 6.18 Å². The molecule has 3 aromatic rings. The molecule has 10 nitrogen and oxygen atoms in total. The topological polar surface area (TPSA) is 109 Å². The van der Waals surface area contributed by atoms with Crippen LogP contribution in [0.25, 0.3) is 0 Å². The zero-order valence-electron chi connectivity index (χ0n) is 25.8. The highest BCUT2D eigenvalue weighted by Crippen LogP contribution is 2.40. The first-order valence-corrected chi connectivity index (χ1v) is 14.2. The van der Waals surface area contributed by atoms with Gasteiger partial charge in [-0.1, -0.05) is 26.0 Å². The third kappa shape index (κ3) is 7.80. The van der Waals surface area contributed by atoms with Crippen LogP contribution in [-0.4, -0.2) is 85.1 Å². The number of nitrogens with zero attached hydrogens (tertiary/aromatic N) is 4. The van der Waals surface area contributed by atoms with E-state index in [4.69, 9.17) is 9.47 Å². The summed E-state index contributed by atoms with van der Waals surface area (Å²) >= 11 is 0. The number of piperidine rings is 1. The van der Waals surface area contributed by atoms with Crippen molar-refractivity contribution in [2.45, 2.75) is 44.6 Å². The number of carbonyl (C=O) groups excluding carboxylic acids is 2. The Hall–Kier alpha value is -4.46. The average Bonchev–Trinajstić information content (AvgIpc) is 2.97. The summed E-state index contributed by atoms with van der Waals surface area (Å²) in [4.78, 5) is 36.9. The number of rotatable bonds is 9. The van der Waals surface area contributed by atoms with Crippen molar-refractivity contribution < 1.29 is 36.6 Å². The van der Waals surface area contributed by atoms with Gasteiger partial charge in [-0.2, -0.15) is 18.2 Å². The predicted octanol–water partition coefficient (Wildman–Crippen LogP) is 5.64. The normalized spacial score (nSPS) is 17.1. The van der Waals surface area contributed by atoms with Gasteiger partial charge in [0.25, 0.3) is 11.8 Å². The van der Waals surface area contributed by atoms with Crippen molar-refractivity contribution in [2.75, 3.05) is 46.7 Å². The number of halogens is 4. The van der Waals surface area contributed by atoms with Gasteiger partial charge in [-0.15, -0.1) is 0 Å². The van der Waals surface area contributed by atoms with Crippen molar-refractivity contribution in [3.8, 4) is 17.4 Å². The summed E-state index contributed by atoms with van der Waals surface area (Å²) in [6.45, 7) is 4.57. The third-order valence-electron chi connectivity index (χ3n) is 7.34. The maximum atomic E-state index is 14.4. The summed E-state index contributed by atoms with van der Waals surface area (Å²) < 4.78 is 67.6. The summed E-state index contributed by atoms with van der Waals surface area (Å²) in [7, 11) is 6.23. The van der Waals surface area contributed by atoms with Gasteiger partial charge in [0, 0.05) is 38.9 Å². The van der Waals surface area contributed by atoms with E-state index in [1.165, 1.54) is 50.4 Å². The molecule has 0 saturated carbocycles. The quantitative estimate of drug-likeness (QED) is 0.292. The first-order chi connectivity index (χ1) is 21.2. The number of methoxy groups -OCH3 is 1. The molecule has 0 spiro atoms. The maximum Gasteiger partial charge on any atom is 0.423 e. The summed E-state index contributed by atoms with van der Waals surface area (Å²) in [6.07, 6.45) is -5.04. The first kappa shape index (κ1) is 33.4. The van der Waals surface area contributed by atoms with Crippen LogP contribution in [0.3, 0.4) is 0 Å². The van der Waals surface area contributed by atoms with Gasteiger partial charge in [-0.25, -0.2) is 9.37 Å². The molecule has 1 saturated heterocycles. The van der Waals surface area contributed by atoms with Crippen LogP contribution in [0.1, 0.15) is 58.0 Å². The molecule has 1 aromatic heterocycles. The Kier molecular flexibility index (Phi) is 10.2. The molecule has 2 amide bonds. The number of amides is 2. The molecule has 0 aliphatic carbocycles. The van der Waals surface area contributed by atoms with Crippen molar-refractivity contribution in [3.63, 3.8) is 0 Å². The summed E-state index contributed by atoms with van der Waals surface area (Å²) in [5.41, 5.74) is -0.0884. The number of aromatic nitrogens is 2. The SMILES string of the molecule is COc1cc(C(=O)N[C@H]2CCN(C)C[C@H]2F)ccc1Nc1ncc(C(F)(F)F)c(Oc2cccc(C(C)C)c2C(=O)N(C)C)n1. The number of hydrogen-bond donors (Lipinski definition) is 2. The van der Waals surface area contributed by atoms with E-state index in [1.54, 1.807) is 12.1 Å². The van der Waals surface area contributed by atoms with E-state index in [9.17, 15) is 27.2 Å². The molecule has 0 bridgehead atoms. The Morgan fingerprint density at radius 3 is 2.49 bits per heavy atom. The maximum absolute atomic E-state index is 14.4. The number of ether oxygens (including phenoxy) is 2. The van der Waals surface area contributed by atoms with Gasteiger partial charge in [0.1, 0.15) is 23.2 Å². The van der Waals surface area contributed by atoms with Crippen LogP contribution >= 0.6 is 0 Å². The van der Waals surface area contributed by atoms with Crippen LogP contribution in [0, 0.1) is 0 Å². The molecule has 242 valence electrons. The largest absolute Gasteiger partial charge is 0.495 e. The number of alkyl halides is 4. The smallest absolute Gasteiger partial charge is 0.423 e. The Balaban J connectivity index is 1.64. The van der Waals surface area contributed by atoms with Crippen LogP contribution in [0.15, 0.2) is 42.6 Å². The highest BCUT2D eigenvalue weighted by atomic mass is 19.4. The van der Waals surface area contributed by atoms with Crippen LogP contribution in [0.5, 0.6) is 17.4 Å². The molecular weight excluding hydrogens is 596 g/mol. The van der Waals surface area contributed by atoms with E-state index in [0.29, 0.717) is 24.7 Å². The van der Waals surface area contributed by atoms with E-state index in [1.807, 2.05) is 25.8 Å². The van der Waals surface area contributed by atoms with Gasteiger partial charge in [0.15, 0.2) is 0 Å². The lowest BCUT2D eigenvalue weighted by atomic mass is 9.95. The lowest BCUT2D eigenvalue weighted by Crippen LogP contribution is -2.51. The standard InChI is InChI=1S/C31H36F4N6O4/c1-17(2)19-8-7-9-24(26(19)29(43)40(3)4)45-28-20(31(33,34)35)15-36-30(39-28)38-23-11-10-18(14-25(23)44-6)27(42)37-22-12-13-41(5)16-21(22)32/h7-11,14-15,17,21-22H,12-13,16H2,1-6H3,(H,37,42)(H,36,38,39)/t21-,22+/m1/s1. The zero-order chi connectivity index (χ0) is 33.1. The number of anilines is 2. The number of nitrogens with one attached hydrogen (secondary N) is 2. The number of carbonyl (C=O) groups is 2. The van der Waals surface area contributed by atoms with Gasteiger partial charge in [-0.05, 0) is 49.2 Å². The molecule has 0 unspecified atom stereocenters. The molecule has 14 heteroatoms. The second-order valence-corrected chi connectivity index (χ2v) is 11.3. The highest BCUT2D eigenvalue weighted by molar-refractivity contribution is 5.98. The molecule has 4 rings (SSSR count). The fourth-order valence-electron chi connectivity index (χ4n) is 4.90. The second kappa shape index (κ2) is 13.7. The molecule has 2 aromatic carbocycles. The van der Waals surface area contributed by atoms with Crippen LogP contribution in [0.4, 0.5) is 29.2 Å². The molecule has 1 fully saturated rings. The Bertz CT molecular complexity index is 1550. The molecule has 45 heavy (non-hydrogen) atoms. The Morgan fingerprint density at radius 2 is 1.87 bits per heavy atom. The van der Waals surface area contributed by atoms with Crippen molar-refractivity contribution in [3.05, 3.63) is 64.8 Å². The third-order valence-corrected chi connectivity index (χ3v) is 7.34. The minimum Gasteiger partial charge on any atom is -0.495 e. The molecular formula is C31H36F4N6O4. The Labute approximate surface area is 258 Å². The molecule has 1 aliphatic rings. The molecule has 0 radical (unpaired) electrons. The number of likely N-dealkylation sites (tertiary alicyclic amines) is 1. The van der Waals surface area contributed by atoms with E-state index in [2.05, 4.69) is 20.6 Å². The van der Waals surface area contributed by atoms with E-state index in [-0.39, 0.29) is 46.7 Å². The van der Waals surface area contributed by atoms with Crippen molar-refractivity contribution in [1.82, 2.24) is 25.1 Å². The van der Waals surface area contributed by atoms with Crippen molar-refractivity contribution in [2.24, 2.45) is 0 Å². The van der Waals surface area contributed by atoms with Crippen LogP contribution in [0.2, 0.25) is 0 Å². The zero-order valence-corrected chi connectivity index (χ0v) is 25.8. The first-order valence-electron chi connectivity index (χ1n) is 14.2. The fraction of sp³-hybridized carbons (Fsp3) is 0.419. The van der Waals surface area contributed by atoms with Gasteiger partial charge in [-0.3, -0.25) is 9.59 Å². The summed E-state index contributed by atoms with van der Waals surface area (Å²) in [5.74, 6) is -2.08. The molecule has 2 atom stereocenters. The van der Waals surface area contributed by atoms with E-state index >= 15 is 0 Å². The predicted molar refractivity (Wildman–Crippen MR) is 160 cm³/mol. The van der Waals surface area contributed by atoms with E-state index in [0.717, 1.165) is 0 Å². The van der Waals surface area contributed by atoms with Gasteiger partial charge in [0.2, 0.25) is 11.8 Å². The average molecular weight is 633 g/mol. The van der Waals surface area contributed by atoms with Crippen LogP contribution < -0.4 is 20.1 Å².